The lowest BCUT2D eigenvalue weighted by molar-refractivity contribution is -0.128. The predicted molar refractivity (Wildman–Crippen MR) is 139 cm³/mol. The first-order chi connectivity index (χ1) is 18.6. The molecule has 3 aromatic rings. The van der Waals surface area contributed by atoms with Crippen LogP contribution in [0.25, 0.3) is 5.65 Å². The number of imidazole rings is 1. The van der Waals surface area contributed by atoms with Crippen LogP contribution < -0.4 is 16.0 Å². The highest BCUT2D eigenvalue weighted by atomic mass is 19.4. The first-order valence-electron chi connectivity index (χ1n) is 12.2. The van der Waals surface area contributed by atoms with E-state index in [2.05, 4.69) is 32.8 Å². The van der Waals surface area contributed by atoms with E-state index in [1.165, 1.54) is 23.7 Å². The number of nitrogens with zero attached hydrogens (tertiary/aromatic N) is 4. The van der Waals surface area contributed by atoms with Crippen molar-refractivity contribution in [2.24, 2.45) is 0 Å². The number of rotatable bonds is 6. The van der Waals surface area contributed by atoms with E-state index in [9.17, 15) is 27.6 Å². The molecule has 2 aromatic heterocycles. The van der Waals surface area contributed by atoms with Gasteiger partial charge in [-0.1, -0.05) is 5.92 Å². The molecule has 1 aromatic carbocycles. The molecule has 3 N–H and O–H groups in total. The lowest BCUT2D eigenvalue weighted by Crippen LogP contribution is -2.46. The molecule has 0 radical (unpaired) electrons. The molecule has 0 unspecified atom stereocenters. The van der Waals surface area contributed by atoms with E-state index in [1.54, 1.807) is 24.3 Å². The van der Waals surface area contributed by atoms with Crippen LogP contribution >= 0.6 is 0 Å². The molecule has 0 bridgehead atoms. The second-order valence-electron chi connectivity index (χ2n) is 9.24. The van der Waals surface area contributed by atoms with Crippen LogP contribution in [0.2, 0.25) is 0 Å². The fourth-order valence-electron chi connectivity index (χ4n) is 4.45. The molecule has 8 nitrogen and oxygen atoms in total. The summed E-state index contributed by atoms with van der Waals surface area (Å²) in [6.07, 6.45) is -4.86. The largest absolute Gasteiger partial charge is 0.394 e. The van der Waals surface area contributed by atoms with Crippen LogP contribution in [0.1, 0.15) is 33.7 Å². The van der Waals surface area contributed by atoms with Gasteiger partial charge in [-0.15, -0.1) is 0 Å². The minimum Gasteiger partial charge on any atom is -0.376 e. The zero-order valence-corrected chi connectivity index (χ0v) is 21.4. The predicted octanol–water partition coefficient (Wildman–Crippen LogP) is 3.59. The second-order valence-corrected chi connectivity index (χ2v) is 9.24. The molecule has 204 valence electrons. The number of benzene rings is 1. The van der Waals surface area contributed by atoms with Crippen LogP contribution in [0.5, 0.6) is 0 Å². The third-order valence-corrected chi connectivity index (χ3v) is 6.41. The first-order valence-corrected chi connectivity index (χ1v) is 12.2. The number of likely N-dealkylation sites (tertiary alicyclic amines) is 1. The van der Waals surface area contributed by atoms with Gasteiger partial charge >= 0.3 is 6.18 Å². The number of alkyl halides is 4. The zero-order chi connectivity index (χ0) is 28.2. The summed E-state index contributed by atoms with van der Waals surface area (Å²) in [5.41, 5.74) is 1.46. The van der Waals surface area contributed by atoms with E-state index in [0.29, 0.717) is 29.9 Å². The van der Waals surface area contributed by atoms with Gasteiger partial charge in [0.15, 0.2) is 5.65 Å². The highest BCUT2D eigenvalue weighted by molar-refractivity contribution is 5.95. The van der Waals surface area contributed by atoms with Gasteiger partial charge < -0.3 is 25.3 Å². The molecule has 1 aliphatic rings. The Morgan fingerprint density at radius 2 is 2.05 bits per heavy atom. The number of piperidine rings is 1. The molecule has 0 aliphatic carbocycles. The van der Waals surface area contributed by atoms with E-state index in [-0.39, 0.29) is 41.6 Å². The molecule has 39 heavy (non-hydrogen) atoms. The summed E-state index contributed by atoms with van der Waals surface area (Å²) in [6.45, 7) is 0.971. The van der Waals surface area contributed by atoms with Gasteiger partial charge in [-0.25, -0.2) is 9.37 Å². The minimum atomic E-state index is -4.50. The summed E-state index contributed by atoms with van der Waals surface area (Å²) in [6, 6.07) is 9.30. The number of nitrogens with one attached hydrogen (secondary N) is 3. The van der Waals surface area contributed by atoms with Crippen molar-refractivity contribution in [1.82, 2.24) is 19.6 Å². The van der Waals surface area contributed by atoms with Gasteiger partial charge in [-0.2, -0.15) is 18.4 Å². The maximum absolute atomic E-state index is 14.6. The number of nitriles is 1. The van der Waals surface area contributed by atoms with Gasteiger partial charge in [0, 0.05) is 31.9 Å². The van der Waals surface area contributed by atoms with Crippen molar-refractivity contribution in [3.05, 3.63) is 59.0 Å². The third kappa shape index (κ3) is 6.59. The van der Waals surface area contributed by atoms with Crippen molar-refractivity contribution >= 4 is 22.9 Å². The maximum Gasteiger partial charge on any atom is 0.394 e. The lowest BCUT2D eigenvalue weighted by atomic mass is 10.0. The minimum absolute atomic E-state index is 0.0115. The first kappa shape index (κ1) is 27.7. The number of pyridine rings is 1. The Morgan fingerprint density at radius 3 is 2.74 bits per heavy atom. The summed E-state index contributed by atoms with van der Waals surface area (Å²) in [7, 11) is 3.32. The molecule has 1 fully saturated rings. The molecular formula is C27H27F4N7O. The highest BCUT2D eigenvalue weighted by Crippen LogP contribution is 2.28. The van der Waals surface area contributed by atoms with Crippen molar-refractivity contribution < 1.29 is 22.4 Å². The number of halogens is 4. The molecule has 1 amide bonds. The summed E-state index contributed by atoms with van der Waals surface area (Å²) < 4.78 is 56.4. The van der Waals surface area contributed by atoms with Crippen LogP contribution in [0.15, 0.2) is 36.5 Å². The van der Waals surface area contributed by atoms with Gasteiger partial charge in [0.1, 0.15) is 17.9 Å². The van der Waals surface area contributed by atoms with E-state index in [1.807, 2.05) is 18.0 Å². The maximum atomic E-state index is 14.6. The fourth-order valence-corrected chi connectivity index (χ4v) is 4.45. The van der Waals surface area contributed by atoms with Crippen LogP contribution in [-0.2, 0) is 6.42 Å². The van der Waals surface area contributed by atoms with Crippen LogP contribution in [0, 0.1) is 23.2 Å². The number of hydrogen-bond acceptors (Lipinski definition) is 6. The number of carbonyl (C=O) groups excluding carboxylic acids is 1. The molecule has 1 aliphatic heterocycles. The van der Waals surface area contributed by atoms with Crippen LogP contribution in [0.3, 0.4) is 0 Å². The van der Waals surface area contributed by atoms with E-state index in [0.717, 1.165) is 0 Å². The summed E-state index contributed by atoms with van der Waals surface area (Å²) in [5, 5.41) is 18.0. The number of carbonyl (C=O) groups is 1. The van der Waals surface area contributed by atoms with Gasteiger partial charge in [-0.3, -0.25) is 4.79 Å². The molecule has 1 saturated heterocycles. The van der Waals surface area contributed by atoms with Crippen molar-refractivity contribution in [3.8, 4) is 17.9 Å². The van der Waals surface area contributed by atoms with E-state index in [4.69, 9.17) is 0 Å². The Hall–Kier alpha value is -4.29. The van der Waals surface area contributed by atoms with Crippen LogP contribution in [-0.4, -0.2) is 72.3 Å². The van der Waals surface area contributed by atoms with Gasteiger partial charge in [0.05, 0.1) is 41.6 Å². The zero-order valence-electron chi connectivity index (χ0n) is 21.4. The number of fused-ring (bicyclic) bond motifs is 1. The molecule has 2 atom stereocenters. The Morgan fingerprint density at radius 1 is 1.26 bits per heavy atom. The topological polar surface area (TPSA) is 97.5 Å². The standard InChI is InChI=1S/C27H27F4N7O/c1-33-26(39)17-7-8-20(18(13-17)15-32)34-10-3-5-22-24(14-27(29,30)31)38-11-4-6-23(25(38)36-22)35-21-9-12-37(2)16-19(21)28/h4,6-8,11,13,19,21,34-35H,9-10,12,14,16H2,1-2H3,(H,33,39)/t19-,21+/m0/s1. The Labute approximate surface area is 223 Å². The van der Waals surface area contributed by atoms with E-state index >= 15 is 0 Å². The normalized spacial score (nSPS) is 17.7. The van der Waals surface area contributed by atoms with Crippen molar-refractivity contribution in [2.75, 3.05) is 44.4 Å². The lowest BCUT2D eigenvalue weighted by Gasteiger charge is -2.33. The van der Waals surface area contributed by atoms with Gasteiger partial charge in [-0.05, 0) is 49.7 Å². The van der Waals surface area contributed by atoms with Crippen LogP contribution in [0.4, 0.5) is 28.9 Å². The van der Waals surface area contributed by atoms with Crippen molar-refractivity contribution in [2.45, 2.75) is 31.2 Å². The monoisotopic (exact) mass is 541 g/mol. The molecule has 0 saturated carbocycles. The number of amides is 1. The van der Waals surface area contributed by atoms with Gasteiger partial charge in [0.25, 0.3) is 5.91 Å². The van der Waals surface area contributed by atoms with Gasteiger partial charge in [0.2, 0.25) is 0 Å². The average Bonchev–Trinajstić information content (AvgIpc) is 3.24. The summed E-state index contributed by atoms with van der Waals surface area (Å²) in [4.78, 5) is 18.1. The molecule has 4 rings (SSSR count). The number of anilines is 2. The molecule has 12 heteroatoms. The number of hydrogen-bond donors (Lipinski definition) is 3. The van der Waals surface area contributed by atoms with Crippen molar-refractivity contribution in [3.63, 3.8) is 0 Å². The van der Waals surface area contributed by atoms with Crippen molar-refractivity contribution in [1.29, 1.82) is 5.26 Å². The Kier molecular flexibility index (Phi) is 8.27. The smallest absolute Gasteiger partial charge is 0.376 e. The van der Waals surface area contributed by atoms with E-state index < -0.39 is 24.8 Å². The summed E-state index contributed by atoms with van der Waals surface area (Å²) in [5.74, 6) is 5.15. The molecule has 0 spiro atoms. The fraction of sp³-hybridized carbons (Fsp3) is 0.370. The Balaban J connectivity index is 1.60. The highest BCUT2D eigenvalue weighted by Gasteiger charge is 2.32. The second kappa shape index (κ2) is 11.6. The average molecular weight is 542 g/mol. The third-order valence-electron chi connectivity index (χ3n) is 6.41. The molecule has 3 heterocycles. The SMILES string of the molecule is CNC(=O)c1ccc(NCC#Cc2nc3c(N[C@@H]4CCN(C)C[C@@H]4F)cccn3c2CC(F)(F)F)c(C#N)c1. The molecular weight excluding hydrogens is 514 g/mol. The Bertz CT molecular complexity index is 1470. The quantitative estimate of drug-likeness (QED) is 0.326. The summed E-state index contributed by atoms with van der Waals surface area (Å²) >= 11 is 0. The number of aromatic nitrogens is 2.